The second-order valence-electron chi connectivity index (χ2n) is 3.63. The Morgan fingerprint density at radius 2 is 1.92 bits per heavy atom. The second kappa shape index (κ2) is 4.85. The van der Waals surface area contributed by atoms with E-state index in [1.165, 1.54) is 0 Å². The molecular weight excluding hydrogens is 162 g/mol. The van der Waals surface area contributed by atoms with Gasteiger partial charge in [-0.2, -0.15) is 0 Å². The molecule has 1 fully saturated rings. The van der Waals surface area contributed by atoms with Crippen molar-refractivity contribution in [1.29, 1.82) is 0 Å². The van der Waals surface area contributed by atoms with E-state index in [0.717, 1.165) is 31.3 Å². The van der Waals surface area contributed by atoms with Crippen LogP contribution in [0.15, 0.2) is 23.9 Å². The van der Waals surface area contributed by atoms with E-state index in [0.29, 0.717) is 5.78 Å². The maximum absolute atomic E-state index is 11.4. The molecule has 0 aromatic heterocycles. The third-order valence-corrected chi connectivity index (χ3v) is 2.14. The third-order valence-electron chi connectivity index (χ3n) is 2.14. The first kappa shape index (κ1) is 10.0. The molecule has 0 aromatic rings. The molecule has 0 N–H and O–H groups in total. The fourth-order valence-electron chi connectivity index (χ4n) is 1.41. The number of carbonyl (C=O) groups excluding carboxylic acids is 1. The highest BCUT2D eigenvalue weighted by atomic mass is 16.1. The molecule has 0 bridgehead atoms. The van der Waals surface area contributed by atoms with E-state index >= 15 is 0 Å². The molecule has 13 heavy (non-hydrogen) atoms. The van der Waals surface area contributed by atoms with Gasteiger partial charge in [-0.3, -0.25) is 4.79 Å². The number of nitrogens with zero attached hydrogens (tertiary/aromatic N) is 1. The van der Waals surface area contributed by atoms with Crippen molar-refractivity contribution in [3.63, 3.8) is 0 Å². The molecule has 0 atom stereocenters. The molecule has 0 heterocycles. The lowest BCUT2D eigenvalue weighted by Gasteiger charge is -2.11. The zero-order valence-corrected chi connectivity index (χ0v) is 8.42. The summed E-state index contributed by atoms with van der Waals surface area (Å²) in [5.41, 5.74) is 0.990. The fourth-order valence-corrected chi connectivity index (χ4v) is 1.41. The molecule has 2 nitrogen and oxygen atoms in total. The lowest BCUT2D eigenvalue weighted by molar-refractivity contribution is -0.116. The topological polar surface area (TPSA) is 20.3 Å². The highest BCUT2D eigenvalue weighted by Gasteiger charge is 2.13. The summed E-state index contributed by atoms with van der Waals surface area (Å²) in [6.07, 6.45) is 9.76. The molecule has 0 spiro atoms. The minimum Gasteiger partial charge on any atom is -0.383 e. The highest BCUT2D eigenvalue weighted by molar-refractivity contribution is 5.96. The van der Waals surface area contributed by atoms with Crippen LogP contribution in [-0.4, -0.2) is 24.8 Å². The Balaban J connectivity index is 2.53. The van der Waals surface area contributed by atoms with Crippen LogP contribution >= 0.6 is 0 Å². The summed E-state index contributed by atoms with van der Waals surface area (Å²) in [4.78, 5) is 13.3. The van der Waals surface area contributed by atoms with Crippen molar-refractivity contribution in [3.05, 3.63) is 23.9 Å². The zero-order valence-electron chi connectivity index (χ0n) is 8.42. The van der Waals surface area contributed by atoms with Crippen molar-refractivity contribution in [2.75, 3.05) is 14.1 Å². The normalized spacial score (nSPS) is 21.4. The maximum atomic E-state index is 11.4. The van der Waals surface area contributed by atoms with E-state index in [2.05, 4.69) is 0 Å². The third kappa shape index (κ3) is 3.45. The van der Waals surface area contributed by atoms with Crippen molar-refractivity contribution in [1.82, 2.24) is 4.90 Å². The zero-order chi connectivity index (χ0) is 9.68. The van der Waals surface area contributed by atoms with Gasteiger partial charge in [0.05, 0.1) is 0 Å². The first-order valence-corrected chi connectivity index (χ1v) is 4.77. The average Bonchev–Trinajstić information content (AvgIpc) is 2.08. The molecule has 2 heteroatoms. The van der Waals surface area contributed by atoms with Crippen LogP contribution in [0.5, 0.6) is 0 Å². The number of hydrogen-bond acceptors (Lipinski definition) is 2. The largest absolute Gasteiger partial charge is 0.383 e. The van der Waals surface area contributed by atoms with Crippen molar-refractivity contribution in [3.8, 4) is 0 Å². The van der Waals surface area contributed by atoms with Crippen molar-refractivity contribution in [2.45, 2.75) is 25.7 Å². The Morgan fingerprint density at radius 3 is 2.54 bits per heavy atom. The summed E-state index contributed by atoms with van der Waals surface area (Å²) in [7, 11) is 3.94. The predicted octanol–water partition coefficient (Wildman–Crippen LogP) is 2.13. The summed E-state index contributed by atoms with van der Waals surface area (Å²) in [6, 6.07) is 0. The lowest BCUT2D eigenvalue weighted by atomic mass is 9.93. The van der Waals surface area contributed by atoms with Crippen LogP contribution in [0.2, 0.25) is 0 Å². The SMILES string of the molecule is CN(C)/C=C/C=C1\CCCCC1=O. The molecule has 1 aliphatic rings. The molecule has 0 aromatic carbocycles. The van der Waals surface area contributed by atoms with Gasteiger partial charge in [0, 0.05) is 20.5 Å². The minimum atomic E-state index is 0.328. The van der Waals surface area contributed by atoms with Gasteiger partial charge in [0.1, 0.15) is 0 Å². The number of Topliss-reactive ketones (excluding diaryl/α,β-unsaturated/α-hetero) is 1. The Kier molecular flexibility index (Phi) is 3.74. The van der Waals surface area contributed by atoms with E-state index < -0.39 is 0 Å². The van der Waals surface area contributed by atoms with Gasteiger partial charge < -0.3 is 4.90 Å². The van der Waals surface area contributed by atoms with Gasteiger partial charge in [-0.1, -0.05) is 6.08 Å². The second-order valence-corrected chi connectivity index (χ2v) is 3.63. The Labute approximate surface area is 79.9 Å². The quantitative estimate of drug-likeness (QED) is 0.605. The first-order valence-electron chi connectivity index (χ1n) is 4.77. The van der Waals surface area contributed by atoms with Crippen molar-refractivity contribution >= 4 is 5.78 Å². The molecule has 0 unspecified atom stereocenters. The number of ketones is 1. The Morgan fingerprint density at radius 1 is 1.23 bits per heavy atom. The molecule has 1 saturated carbocycles. The van der Waals surface area contributed by atoms with Crippen molar-refractivity contribution < 1.29 is 4.79 Å². The van der Waals surface area contributed by atoms with Gasteiger partial charge in [-0.25, -0.2) is 0 Å². The highest BCUT2D eigenvalue weighted by Crippen LogP contribution is 2.19. The monoisotopic (exact) mass is 179 g/mol. The summed E-state index contributed by atoms with van der Waals surface area (Å²) in [5.74, 6) is 0.328. The maximum Gasteiger partial charge on any atom is 0.158 e. The van der Waals surface area contributed by atoms with E-state index in [-0.39, 0.29) is 0 Å². The molecular formula is C11H17NO. The van der Waals surface area contributed by atoms with Gasteiger partial charge in [0.15, 0.2) is 5.78 Å². The minimum absolute atomic E-state index is 0.328. The molecule has 1 rings (SSSR count). The van der Waals surface area contributed by atoms with Crippen LogP contribution in [0.4, 0.5) is 0 Å². The number of allylic oxidation sites excluding steroid dienone is 3. The predicted molar refractivity (Wildman–Crippen MR) is 54.4 cm³/mol. The number of rotatable bonds is 2. The van der Waals surface area contributed by atoms with Crippen LogP contribution in [0.3, 0.4) is 0 Å². The van der Waals surface area contributed by atoms with E-state index in [9.17, 15) is 4.79 Å². The molecule has 1 aliphatic carbocycles. The Hall–Kier alpha value is -1.05. The van der Waals surface area contributed by atoms with E-state index in [1.54, 1.807) is 0 Å². The summed E-state index contributed by atoms with van der Waals surface area (Å²) < 4.78 is 0. The molecule has 0 amide bonds. The summed E-state index contributed by atoms with van der Waals surface area (Å²) in [5, 5.41) is 0. The standard InChI is InChI=1S/C11H17NO/c1-12(2)9-5-7-10-6-3-4-8-11(10)13/h5,7,9H,3-4,6,8H2,1-2H3/b9-5+,10-7+. The van der Waals surface area contributed by atoms with Crippen LogP contribution in [0.1, 0.15) is 25.7 Å². The van der Waals surface area contributed by atoms with E-state index in [1.807, 2.05) is 37.3 Å². The van der Waals surface area contributed by atoms with Crippen LogP contribution < -0.4 is 0 Å². The summed E-state index contributed by atoms with van der Waals surface area (Å²) >= 11 is 0. The van der Waals surface area contributed by atoms with E-state index in [4.69, 9.17) is 0 Å². The van der Waals surface area contributed by atoms with Gasteiger partial charge in [0.25, 0.3) is 0 Å². The number of carbonyl (C=O) groups is 1. The number of hydrogen-bond donors (Lipinski definition) is 0. The van der Waals surface area contributed by atoms with Crippen LogP contribution in [0.25, 0.3) is 0 Å². The smallest absolute Gasteiger partial charge is 0.158 e. The average molecular weight is 179 g/mol. The van der Waals surface area contributed by atoms with Crippen LogP contribution in [-0.2, 0) is 4.79 Å². The summed E-state index contributed by atoms with van der Waals surface area (Å²) in [6.45, 7) is 0. The van der Waals surface area contributed by atoms with Gasteiger partial charge in [0.2, 0.25) is 0 Å². The molecule has 0 aliphatic heterocycles. The first-order chi connectivity index (χ1) is 6.20. The lowest BCUT2D eigenvalue weighted by Crippen LogP contribution is -2.08. The molecule has 0 saturated heterocycles. The van der Waals surface area contributed by atoms with Crippen LogP contribution in [0, 0.1) is 0 Å². The molecule has 72 valence electrons. The molecule has 0 radical (unpaired) electrons. The Bertz CT molecular complexity index is 238. The van der Waals surface area contributed by atoms with Gasteiger partial charge in [-0.05, 0) is 37.1 Å². The van der Waals surface area contributed by atoms with Gasteiger partial charge >= 0.3 is 0 Å². The fraction of sp³-hybridized carbons (Fsp3) is 0.545. The van der Waals surface area contributed by atoms with Crippen molar-refractivity contribution in [2.24, 2.45) is 0 Å². The van der Waals surface area contributed by atoms with Gasteiger partial charge in [-0.15, -0.1) is 0 Å².